The van der Waals surface area contributed by atoms with Crippen LogP contribution in [0.25, 0.3) is 0 Å². The van der Waals surface area contributed by atoms with E-state index in [9.17, 15) is 20.0 Å². The molecule has 0 amide bonds. The van der Waals surface area contributed by atoms with Crippen LogP contribution in [0.15, 0.2) is 12.1 Å². The van der Waals surface area contributed by atoms with Crippen LogP contribution >= 0.6 is 11.6 Å². The number of hydrogen-bond acceptors (Lipinski definition) is 5. The van der Waals surface area contributed by atoms with Gasteiger partial charge < -0.3 is 14.9 Å². The predicted molar refractivity (Wildman–Crippen MR) is 69.0 cm³/mol. The summed E-state index contributed by atoms with van der Waals surface area (Å²) >= 11 is 5.80. The minimum atomic E-state index is -1.88. The number of rotatable bonds is 3. The molecule has 20 heavy (non-hydrogen) atoms. The van der Waals surface area contributed by atoms with Crippen molar-refractivity contribution in [2.24, 2.45) is 0 Å². The highest BCUT2D eigenvalue weighted by molar-refractivity contribution is 6.32. The van der Waals surface area contributed by atoms with Crippen molar-refractivity contribution in [2.75, 3.05) is 0 Å². The van der Waals surface area contributed by atoms with Gasteiger partial charge >= 0.3 is 5.97 Å². The molecular weight excluding hydrogens is 290 g/mol. The SMILES string of the molecule is C[C@@H]1C[C@@](O)(CC(=O)O)c2c(ccc(Cl)c2[N+](=O)[O-])O1. The van der Waals surface area contributed by atoms with E-state index in [1.54, 1.807) is 6.92 Å². The number of aliphatic carboxylic acids is 1. The Morgan fingerprint density at radius 3 is 2.85 bits per heavy atom. The lowest BCUT2D eigenvalue weighted by Gasteiger charge is -2.36. The van der Waals surface area contributed by atoms with E-state index in [1.165, 1.54) is 12.1 Å². The number of fused-ring (bicyclic) bond motifs is 1. The summed E-state index contributed by atoms with van der Waals surface area (Å²) in [6.07, 6.45) is -1.19. The lowest BCUT2D eigenvalue weighted by atomic mass is 9.82. The molecule has 0 radical (unpaired) electrons. The van der Waals surface area contributed by atoms with Crippen molar-refractivity contribution in [1.29, 1.82) is 0 Å². The van der Waals surface area contributed by atoms with E-state index in [0.29, 0.717) is 0 Å². The van der Waals surface area contributed by atoms with E-state index < -0.39 is 34.7 Å². The van der Waals surface area contributed by atoms with Crippen LogP contribution in [-0.2, 0) is 10.4 Å². The van der Waals surface area contributed by atoms with E-state index in [1.807, 2.05) is 0 Å². The number of nitrogens with zero attached hydrogens (tertiary/aromatic N) is 1. The minimum Gasteiger partial charge on any atom is -0.490 e. The maximum atomic E-state index is 11.2. The zero-order chi connectivity index (χ0) is 15.1. The zero-order valence-corrected chi connectivity index (χ0v) is 11.3. The Bertz CT molecular complexity index is 590. The molecule has 0 fully saturated rings. The third-order valence-electron chi connectivity index (χ3n) is 3.14. The highest BCUT2D eigenvalue weighted by atomic mass is 35.5. The van der Waals surface area contributed by atoms with Gasteiger partial charge in [0.05, 0.1) is 17.4 Å². The molecule has 1 heterocycles. The van der Waals surface area contributed by atoms with Crippen LogP contribution in [0, 0.1) is 10.1 Å². The van der Waals surface area contributed by atoms with Gasteiger partial charge in [-0.05, 0) is 19.1 Å². The van der Waals surface area contributed by atoms with Crippen molar-refractivity contribution in [2.45, 2.75) is 31.5 Å². The van der Waals surface area contributed by atoms with Gasteiger partial charge in [0, 0.05) is 6.42 Å². The van der Waals surface area contributed by atoms with Crippen LogP contribution in [0.4, 0.5) is 5.69 Å². The number of aliphatic hydroxyl groups is 1. The van der Waals surface area contributed by atoms with Crippen LogP contribution < -0.4 is 4.74 Å². The number of carbonyl (C=O) groups is 1. The normalized spacial score (nSPS) is 24.6. The Kier molecular flexibility index (Phi) is 3.58. The fraction of sp³-hybridized carbons (Fsp3) is 0.417. The molecule has 108 valence electrons. The molecule has 2 rings (SSSR count). The molecule has 0 saturated heterocycles. The first-order valence-corrected chi connectivity index (χ1v) is 6.20. The monoisotopic (exact) mass is 301 g/mol. The molecule has 0 unspecified atom stereocenters. The average molecular weight is 302 g/mol. The second kappa shape index (κ2) is 4.92. The molecule has 0 aromatic heterocycles. The van der Waals surface area contributed by atoms with Gasteiger partial charge in [0.15, 0.2) is 0 Å². The Labute approximate surface area is 118 Å². The number of nitro benzene ring substituents is 1. The molecule has 0 spiro atoms. The van der Waals surface area contributed by atoms with Gasteiger partial charge in [-0.15, -0.1) is 0 Å². The van der Waals surface area contributed by atoms with Crippen molar-refractivity contribution in [1.82, 2.24) is 0 Å². The number of ether oxygens (including phenoxy) is 1. The molecule has 1 aromatic rings. The van der Waals surface area contributed by atoms with Gasteiger partial charge in [-0.1, -0.05) is 11.6 Å². The van der Waals surface area contributed by atoms with Gasteiger partial charge in [0.1, 0.15) is 21.9 Å². The molecular formula is C12H12ClNO6. The minimum absolute atomic E-state index is 0.0620. The molecule has 1 aliphatic heterocycles. The Morgan fingerprint density at radius 1 is 1.65 bits per heavy atom. The quantitative estimate of drug-likeness (QED) is 0.653. The highest BCUT2D eigenvalue weighted by Gasteiger charge is 2.46. The van der Waals surface area contributed by atoms with E-state index in [-0.39, 0.29) is 22.8 Å². The predicted octanol–water partition coefficient (Wildman–Crippen LogP) is 2.08. The van der Waals surface area contributed by atoms with E-state index in [4.69, 9.17) is 21.4 Å². The average Bonchev–Trinajstić information content (AvgIpc) is 2.27. The molecule has 7 nitrogen and oxygen atoms in total. The van der Waals surface area contributed by atoms with E-state index in [0.717, 1.165) is 0 Å². The number of benzene rings is 1. The van der Waals surface area contributed by atoms with Crippen LogP contribution in [0.1, 0.15) is 25.3 Å². The number of carboxylic acid groups (broad SMARTS) is 1. The summed E-state index contributed by atoms with van der Waals surface area (Å²) in [5.74, 6) is -1.18. The van der Waals surface area contributed by atoms with Gasteiger partial charge in [-0.3, -0.25) is 14.9 Å². The molecule has 0 bridgehead atoms. The lowest BCUT2D eigenvalue weighted by Crippen LogP contribution is -2.39. The van der Waals surface area contributed by atoms with Crippen LogP contribution in [-0.4, -0.2) is 27.2 Å². The van der Waals surface area contributed by atoms with Crippen LogP contribution in [0.2, 0.25) is 5.02 Å². The third kappa shape index (κ3) is 2.41. The van der Waals surface area contributed by atoms with Crippen LogP contribution in [0.5, 0.6) is 5.75 Å². The maximum Gasteiger partial charge on any atom is 0.306 e. The number of nitro groups is 1. The summed E-state index contributed by atoms with van der Waals surface area (Å²) in [7, 11) is 0. The fourth-order valence-electron chi connectivity index (χ4n) is 2.52. The van der Waals surface area contributed by atoms with Gasteiger partial charge in [0.2, 0.25) is 0 Å². The molecule has 0 aliphatic carbocycles. The molecule has 2 N–H and O–H groups in total. The van der Waals surface area contributed by atoms with Crippen molar-refractivity contribution in [3.8, 4) is 5.75 Å². The van der Waals surface area contributed by atoms with Gasteiger partial charge in [-0.25, -0.2) is 0 Å². The first-order valence-electron chi connectivity index (χ1n) is 5.83. The second-order valence-electron chi connectivity index (χ2n) is 4.76. The van der Waals surface area contributed by atoms with Crippen molar-refractivity contribution in [3.63, 3.8) is 0 Å². The van der Waals surface area contributed by atoms with Gasteiger partial charge in [-0.2, -0.15) is 0 Å². The highest BCUT2D eigenvalue weighted by Crippen LogP contribution is 2.48. The summed E-state index contributed by atoms with van der Waals surface area (Å²) in [6, 6.07) is 2.69. The Morgan fingerprint density at radius 2 is 2.30 bits per heavy atom. The summed E-state index contributed by atoms with van der Waals surface area (Å²) in [5.41, 5.74) is -2.57. The molecule has 2 atom stereocenters. The van der Waals surface area contributed by atoms with Gasteiger partial charge in [0.25, 0.3) is 5.69 Å². The molecule has 0 saturated carbocycles. The topological polar surface area (TPSA) is 110 Å². The Balaban J connectivity index is 2.70. The van der Waals surface area contributed by atoms with Crippen molar-refractivity contribution < 1.29 is 24.7 Å². The molecule has 1 aromatic carbocycles. The van der Waals surface area contributed by atoms with Crippen molar-refractivity contribution in [3.05, 3.63) is 32.8 Å². The standard InChI is InChI=1S/C12H12ClNO6/c1-6-4-12(17,5-9(15)16)10-8(20-6)3-2-7(13)11(10)14(18)19/h2-3,6,17H,4-5H2,1H3,(H,15,16)/t6-,12-/m1/s1. The summed E-state index contributed by atoms with van der Waals surface area (Å²) < 4.78 is 5.44. The maximum absolute atomic E-state index is 11.2. The molecule has 8 heteroatoms. The number of carboxylic acids is 1. The van der Waals surface area contributed by atoms with Crippen LogP contribution in [0.3, 0.4) is 0 Å². The number of halogens is 1. The van der Waals surface area contributed by atoms with Crippen molar-refractivity contribution >= 4 is 23.3 Å². The third-order valence-corrected chi connectivity index (χ3v) is 3.44. The fourth-order valence-corrected chi connectivity index (χ4v) is 2.75. The smallest absolute Gasteiger partial charge is 0.306 e. The number of hydrogen-bond donors (Lipinski definition) is 2. The zero-order valence-electron chi connectivity index (χ0n) is 10.5. The molecule has 1 aliphatic rings. The lowest BCUT2D eigenvalue weighted by molar-refractivity contribution is -0.386. The first kappa shape index (κ1) is 14.5. The summed E-state index contributed by atoms with van der Waals surface area (Å²) in [4.78, 5) is 21.4. The second-order valence-corrected chi connectivity index (χ2v) is 5.17. The summed E-state index contributed by atoms with van der Waals surface area (Å²) in [5, 5.41) is 30.5. The summed E-state index contributed by atoms with van der Waals surface area (Å²) in [6.45, 7) is 1.65. The Hall–Kier alpha value is -1.86. The van der Waals surface area contributed by atoms with E-state index >= 15 is 0 Å². The van der Waals surface area contributed by atoms with E-state index in [2.05, 4.69) is 0 Å². The first-order chi connectivity index (χ1) is 9.24. The largest absolute Gasteiger partial charge is 0.490 e.